The summed E-state index contributed by atoms with van der Waals surface area (Å²) in [4.78, 5) is 38.1. The van der Waals surface area contributed by atoms with Crippen LogP contribution < -0.4 is 0 Å². The fourth-order valence-electron chi connectivity index (χ4n) is 10.3. The van der Waals surface area contributed by atoms with Crippen LogP contribution in [0.3, 0.4) is 0 Å². The minimum absolute atomic E-state index is 0.0750. The molecule has 0 bridgehead atoms. The first kappa shape index (κ1) is 78.6. The number of hydrogen-bond acceptors (Lipinski definition) is 6. The van der Waals surface area contributed by atoms with E-state index in [2.05, 4.69) is 106 Å². The van der Waals surface area contributed by atoms with E-state index in [1.807, 2.05) is 0 Å². The van der Waals surface area contributed by atoms with Crippen molar-refractivity contribution >= 4 is 17.9 Å². The molecule has 0 aromatic heterocycles. The van der Waals surface area contributed by atoms with Gasteiger partial charge in [-0.25, -0.2) is 0 Å². The standard InChI is InChI=1S/C76H134O6/c1-4-7-10-13-16-18-20-22-24-26-28-30-32-34-35-36-37-38-39-40-41-43-44-46-48-50-52-54-56-58-60-63-66-69-75(78)81-72-73(71-80-74(77)68-65-62-15-12-9-6-3)82-76(79)70-67-64-61-59-57-55-53-51-49-47-45-42-33-31-29-27-25-23-21-19-17-14-11-8-5-2/h8,11,17,19-20,22-23,25-26,28-29,31,42,45,73H,4-7,9-10,12-16,18,21,24,27,30,32-41,43-44,46-72H2,1-3H3/b11-8-,19-17-,22-20-,25-23-,28-26-,31-29-,45-42-. The maximum atomic E-state index is 12.9. The Bertz CT molecular complexity index is 1550. The van der Waals surface area contributed by atoms with Gasteiger partial charge < -0.3 is 14.2 Å². The molecule has 0 rings (SSSR count). The van der Waals surface area contributed by atoms with Crippen LogP contribution in [0.15, 0.2) is 85.1 Å². The molecule has 0 aromatic rings. The Hall–Kier alpha value is -3.41. The average molecular weight is 1140 g/mol. The van der Waals surface area contributed by atoms with E-state index in [1.54, 1.807) is 0 Å². The molecule has 0 aliphatic heterocycles. The molecule has 82 heavy (non-hydrogen) atoms. The second kappa shape index (κ2) is 70.1. The second-order valence-electron chi connectivity index (χ2n) is 23.8. The van der Waals surface area contributed by atoms with Gasteiger partial charge in [0.1, 0.15) is 13.2 Å². The van der Waals surface area contributed by atoms with Gasteiger partial charge in [0.05, 0.1) is 0 Å². The lowest BCUT2D eigenvalue weighted by molar-refractivity contribution is -0.167. The molecule has 0 saturated carbocycles. The monoisotopic (exact) mass is 1140 g/mol. The zero-order valence-electron chi connectivity index (χ0n) is 54.5. The predicted octanol–water partition coefficient (Wildman–Crippen LogP) is 24.6. The van der Waals surface area contributed by atoms with Crippen molar-refractivity contribution in [3.63, 3.8) is 0 Å². The van der Waals surface area contributed by atoms with Gasteiger partial charge in [-0.2, -0.15) is 0 Å². The van der Waals surface area contributed by atoms with Crippen molar-refractivity contribution in [3.05, 3.63) is 85.1 Å². The quantitative estimate of drug-likeness (QED) is 0.0261. The average Bonchev–Trinajstić information content (AvgIpc) is 3.47. The Morgan fingerprint density at radius 1 is 0.256 bits per heavy atom. The molecule has 1 unspecified atom stereocenters. The molecular weight excluding hydrogens is 1010 g/mol. The van der Waals surface area contributed by atoms with Gasteiger partial charge in [-0.1, -0.05) is 331 Å². The third kappa shape index (κ3) is 67.4. The minimum atomic E-state index is -0.776. The van der Waals surface area contributed by atoms with Crippen LogP contribution in [-0.4, -0.2) is 37.2 Å². The second-order valence-corrected chi connectivity index (χ2v) is 23.8. The molecule has 0 aliphatic rings. The molecule has 1 atom stereocenters. The van der Waals surface area contributed by atoms with E-state index in [1.165, 1.54) is 218 Å². The molecule has 0 heterocycles. The van der Waals surface area contributed by atoms with Crippen LogP contribution in [0.25, 0.3) is 0 Å². The highest BCUT2D eigenvalue weighted by molar-refractivity contribution is 5.71. The van der Waals surface area contributed by atoms with Crippen molar-refractivity contribution in [2.45, 2.75) is 367 Å². The van der Waals surface area contributed by atoms with Crippen LogP contribution >= 0.6 is 0 Å². The molecule has 6 nitrogen and oxygen atoms in total. The first-order chi connectivity index (χ1) is 40.5. The molecule has 0 saturated heterocycles. The number of rotatable bonds is 65. The van der Waals surface area contributed by atoms with Gasteiger partial charge >= 0.3 is 17.9 Å². The number of esters is 3. The summed E-state index contributed by atoms with van der Waals surface area (Å²) >= 11 is 0. The van der Waals surface area contributed by atoms with E-state index in [-0.39, 0.29) is 31.1 Å². The fraction of sp³-hybridized carbons (Fsp3) is 0.776. The van der Waals surface area contributed by atoms with Crippen LogP contribution in [-0.2, 0) is 28.6 Å². The van der Waals surface area contributed by atoms with Gasteiger partial charge in [-0.05, 0) is 96.3 Å². The first-order valence-corrected chi connectivity index (χ1v) is 35.6. The molecule has 474 valence electrons. The van der Waals surface area contributed by atoms with E-state index < -0.39 is 6.10 Å². The van der Waals surface area contributed by atoms with Gasteiger partial charge in [0, 0.05) is 19.3 Å². The number of carbonyl (C=O) groups is 3. The summed E-state index contributed by atoms with van der Waals surface area (Å²) in [5, 5.41) is 0. The van der Waals surface area contributed by atoms with Gasteiger partial charge in [-0.15, -0.1) is 0 Å². The van der Waals surface area contributed by atoms with E-state index in [4.69, 9.17) is 14.2 Å². The Labute approximate surface area is 509 Å². The lowest BCUT2D eigenvalue weighted by Crippen LogP contribution is -2.30. The van der Waals surface area contributed by atoms with Crippen molar-refractivity contribution in [2.24, 2.45) is 0 Å². The van der Waals surface area contributed by atoms with Gasteiger partial charge in [-0.3, -0.25) is 14.4 Å². The summed E-state index contributed by atoms with van der Waals surface area (Å²) in [6.07, 6.45) is 93.8. The molecule has 0 N–H and O–H groups in total. The Morgan fingerprint density at radius 3 is 0.744 bits per heavy atom. The van der Waals surface area contributed by atoms with Crippen LogP contribution in [0.5, 0.6) is 0 Å². The van der Waals surface area contributed by atoms with Crippen molar-refractivity contribution in [3.8, 4) is 0 Å². The summed E-state index contributed by atoms with van der Waals surface area (Å²) in [7, 11) is 0. The summed E-state index contributed by atoms with van der Waals surface area (Å²) in [5.41, 5.74) is 0. The number of carbonyl (C=O) groups excluding carboxylic acids is 3. The number of ether oxygens (including phenoxy) is 3. The van der Waals surface area contributed by atoms with Gasteiger partial charge in [0.2, 0.25) is 0 Å². The van der Waals surface area contributed by atoms with Gasteiger partial charge in [0.25, 0.3) is 0 Å². The van der Waals surface area contributed by atoms with E-state index >= 15 is 0 Å². The predicted molar refractivity (Wildman–Crippen MR) is 358 cm³/mol. The molecular formula is C76H134O6. The first-order valence-electron chi connectivity index (χ1n) is 35.6. The zero-order chi connectivity index (χ0) is 59.2. The van der Waals surface area contributed by atoms with Crippen molar-refractivity contribution < 1.29 is 28.6 Å². The molecule has 0 radical (unpaired) electrons. The normalized spacial score (nSPS) is 12.6. The smallest absolute Gasteiger partial charge is 0.306 e. The molecule has 6 heteroatoms. The molecule has 0 spiro atoms. The number of allylic oxidation sites excluding steroid dienone is 14. The minimum Gasteiger partial charge on any atom is -0.462 e. The van der Waals surface area contributed by atoms with Crippen LogP contribution in [0.4, 0.5) is 0 Å². The number of hydrogen-bond donors (Lipinski definition) is 0. The van der Waals surface area contributed by atoms with Gasteiger partial charge in [0.15, 0.2) is 6.10 Å². The van der Waals surface area contributed by atoms with Crippen molar-refractivity contribution in [2.75, 3.05) is 13.2 Å². The highest BCUT2D eigenvalue weighted by atomic mass is 16.6. The third-order valence-corrected chi connectivity index (χ3v) is 15.6. The Morgan fingerprint density at radius 2 is 0.476 bits per heavy atom. The highest BCUT2D eigenvalue weighted by Gasteiger charge is 2.19. The van der Waals surface area contributed by atoms with E-state index in [0.717, 1.165) is 103 Å². The maximum Gasteiger partial charge on any atom is 0.306 e. The SMILES string of the molecule is CC/C=C\C/C=C\C/C=C\C/C=C\C/C=C\CCCCCCCCCCCC(=O)OC(COC(=O)CCCCCCCC)COC(=O)CCCCCCCCCCCCCCCCCCCCCCC/C=C\C/C=C\CCCCCCC. The summed E-state index contributed by atoms with van der Waals surface area (Å²) in [6, 6.07) is 0. The fourth-order valence-corrected chi connectivity index (χ4v) is 10.3. The molecule has 0 aliphatic carbocycles. The van der Waals surface area contributed by atoms with E-state index in [9.17, 15) is 14.4 Å². The Kier molecular flexibility index (Phi) is 67.2. The van der Waals surface area contributed by atoms with Crippen LogP contribution in [0, 0.1) is 0 Å². The lowest BCUT2D eigenvalue weighted by atomic mass is 10.0. The maximum absolute atomic E-state index is 12.9. The highest BCUT2D eigenvalue weighted by Crippen LogP contribution is 2.18. The summed E-state index contributed by atoms with van der Waals surface area (Å²) < 4.78 is 16.9. The largest absolute Gasteiger partial charge is 0.462 e. The van der Waals surface area contributed by atoms with Crippen molar-refractivity contribution in [1.29, 1.82) is 0 Å². The van der Waals surface area contributed by atoms with E-state index in [0.29, 0.717) is 19.3 Å². The molecule has 0 fully saturated rings. The van der Waals surface area contributed by atoms with Crippen molar-refractivity contribution in [1.82, 2.24) is 0 Å². The molecule has 0 aromatic carbocycles. The van der Waals surface area contributed by atoms with Crippen LogP contribution in [0.2, 0.25) is 0 Å². The lowest BCUT2D eigenvalue weighted by Gasteiger charge is -2.18. The number of unbranched alkanes of at least 4 members (excludes halogenated alkanes) is 40. The Balaban J connectivity index is 3.99. The zero-order valence-corrected chi connectivity index (χ0v) is 54.5. The topological polar surface area (TPSA) is 78.9 Å². The summed E-state index contributed by atoms with van der Waals surface area (Å²) in [6.45, 7) is 6.49. The van der Waals surface area contributed by atoms with Crippen LogP contribution in [0.1, 0.15) is 361 Å². The third-order valence-electron chi connectivity index (χ3n) is 15.6. The molecule has 0 amide bonds. The summed E-state index contributed by atoms with van der Waals surface area (Å²) in [5.74, 6) is -0.875.